The van der Waals surface area contributed by atoms with Crippen LogP contribution in [-0.4, -0.2) is 60.7 Å². The molecule has 0 radical (unpaired) electrons. The van der Waals surface area contributed by atoms with Crippen LogP contribution in [0.1, 0.15) is 38.3 Å². The molecule has 0 spiro atoms. The van der Waals surface area contributed by atoms with Gasteiger partial charge in [-0.2, -0.15) is 20.1 Å². The lowest BCUT2D eigenvalue weighted by atomic mass is 10.2. The predicted molar refractivity (Wildman–Crippen MR) is 139 cm³/mol. The number of hydrogen-bond donors (Lipinski definition) is 1. The summed E-state index contributed by atoms with van der Waals surface area (Å²) in [6.07, 6.45) is 3.84. The minimum atomic E-state index is 0.378. The van der Waals surface area contributed by atoms with Crippen LogP contribution in [0.25, 0.3) is 11.3 Å². The Labute approximate surface area is 211 Å². The van der Waals surface area contributed by atoms with Crippen LogP contribution in [0.2, 0.25) is 5.02 Å². The van der Waals surface area contributed by atoms with Crippen molar-refractivity contribution in [2.24, 2.45) is 5.10 Å². The van der Waals surface area contributed by atoms with Gasteiger partial charge in [0.2, 0.25) is 11.9 Å². The summed E-state index contributed by atoms with van der Waals surface area (Å²) in [5.74, 6) is 2.88. The molecule has 9 nitrogen and oxygen atoms in total. The van der Waals surface area contributed by atoms with Gasteiger partial charge in [0, 0.05) is 31.9 Å². The summed E-state index contributed by atoms with van der Waals surface area (Å²) < 4.78 is 16.3. The molecule has 3 heterocycles. The van der Waals surface area contributed by atoms with Crippen LogP contribution in [0.4, 0.5) is 11.9 Å². The summed E-state index contributed by atoms with van der Waals surface area (Å²) in [5, 5.41) is 4.80. The molecule has 1 aliphatic heterocycles. The monoisotopic (exact) mass is 500 g/mol. The van der Waals surface area contributed by atoms with Crippen molar-refractivity contribution in [2.45, 2.75) is 33.6 Å². The number of anilines is 2. The van der Waals surface area contributed by atoms with Crippen molar-refractivity contribution < 1.29 is 13.9 Å². The predicted octanol–water partition coefficient (Wildman–Crippen LogP) is 5.20. The van der Waals surface area contributed by atoms with E-state index in [1.165, 1.54) is 0 Å². The van der Waals surface area contributed by atoms with Gasteiger partial charge in [0.05, 0.1) is 24.5 Å². The Morgan fingerprint density at radius 1 is 1.06 bits per heavy atom. The highest BCUT2D eigenvalue weighted by atomic mass is 35.5. The van der Waals surface area contributed by atoms with E-state index in [0.29, 0.717) is 47.5 Å². The Morgan fingerprint density at radius 2 is 1.80 bits per heavy atom. The van der Waals surface area contributed by atoms with E-state index in [-0.39, 0.29) is 0 Å². The van der Waals surface area contributed by atoms with E-state index < -0.39 is 0 Å². The van der Waals surface area contributed by atoms with Gasteiger partial charge in [-0.25, -0.2) is 5.43 Å². The van der Waals surface area contributed by atoms with Gasteiger partial charge in [0.1, 0.15) is 17.3 Å². The molecule has 0 amide bonds. The smallest absolute Gasteiger partial charge is 0.248 e. The lowest BCUT2D eigenvalue weighted by molar-refractivity contribution is 0.122. The number of furan rings is 1. The maximum atomic E-state index is 6.21. The minimum absolute atomic E-state index is 0.378. The van der Waals surface area contributed by atoms with E-state index in [1.807, 2.05) is 43.3 Å². The summed E-state index contributed by atoms with van der Waals surface area (Å²) in [4.78, 5) is 15.2. The molecule has 4 rings (SSSR count). The first-order chi connectivity index (χ1) is 17.1. The molecule has 0 atom stereocenters. The minimum Gasteiger partial charge on any atom is -0.455 e. The van der Waals surface area contributed by atoms with E-state index in [1.54, 1.807) is 6.21 Å². The quantitative estimate of drug-likeness (QED) is 0.243. The maximum absolute atomic E-state index is 6.21. The van der Waals surface area contributed by atoms with Crippen LogP contribution >= 0.6 is 11.6 Å². The number of ether oxygens (including phenoxy) is 2. The average Bonchev–Trinajstić information content (AvgIpc) is 3.34. The molecule has 1 aromatic carbocycles. The van der Waals surface area contributed by atoms with Crippen LogP contribution in [0, 0.1) is 6.92 Å². The Morgan fingerprint density at radius 3 is 2.51 bits per heavy atom. The zero-order valence-electron chi connectivity index (χ0n) is 20.5. The highest BCUT2D eigenvalue weighted by Crippen LogP contribution is 2.28. The molecule has 188 valence electrons. The fraction of sp³-hybridized carbons (Fsp3) is 0.440. The number of aryl methyl sites for hydroxylation is 1. The van der Waals surface area contributed by atoms with Gasteiger partial charge in [0.15, 0.2) is 0 Å². The number of aromatic nitrogens is 3. The number of hydrazone groups is 1. The number of rotatable bonds is 9. The van der Waals surface area contributed by atoms with Crippen molar-refractivity contribution in [3.63, 3.8) is 0 Å². The van der Waals surface area contributed by atoms with Crippen molar-refractivity contribution in [2.75, 3.05) is 49.8 Å². The lowest BCUT2D eigenvalue weighted by Crippen LogP contribution is -2.37. The molecule has 2 aromatic heterocycles. The largest absolute Gasteiger partial charge is 0.455 e. The highest BCUT2D eigenvalue weighted by molar-refractivity contribution is 6.33. The summed E-state index contributed by atoms with van der Waals surface area (Å²) >= 11 is 6.21. The Balaban J connectivity index is 0.000000429. The summed E-state index contributed by atoms with van der Waals surface area (Å²) in [7, 11) is 0. The third-order valence-corrected chi connectivity index (χ3v) is 5.18. The SMILES string of the molecule is CCCOCCC.Cc1nc(N/N=C/c2ccc(-c3ccccc3Cl)o2)nc(N2CCOCC2)n1. The number of nitrogens with zero attached hydrogens (tertiary/aromatic N) is 5. The molecule has 10 heteroatoms. The highest BCUT2D eigenvalue weighted by Gasteiger charge is 2.15. The molecule has 0 bridgehead atoms. The number of benzene rings is 1. The summed E-state index contributed by atoms with van der Waals surface area (Å²) in [6.45, 7) is 10.7. The third-order valence-electron chi connectivity index (χ3n) is 4.85. The molecule has 0 aliphatic carbocycles. The molecule has 1 N–H and O–H groups in total. The van der Waals surface area contributed by atoms with Crippen molar-refractivity contribution in [3.05, 3.63) is 53.0 Å². The summed E-state index contributed by atoms with van der Waals surface area (Å²) in [6, 6.07) is 11.2. The third kappa shape index (κ3) is 8.61. The van der Waals surface area contributed by atoms with Gasteiger partial charge in [-0.15, -0.1) is 0 Å². The van der Waals surface area contributed by atoms with Crippen LogP contribution in [0.15, 0.2) is 45.9 Å². The van der Waals surface area contributed by atoms with Crippen LogP contribution < -0.4 is 10.3 Å². The van der Waals surface area contributed by atoms with Crippen molar-refractivity contribution in [1.82, 2.24) is 15.0 Å². The maximum Gasteiger partial charge on any atom is 0.248 e. The average molecular weight is 501 g/mol. The number of morpholine rings is 1. The van der Waals surface area contributed by atoms with E-state index in [9.17, 15) is 0 Å². The standard InChI is InChI=1S/C19H19ClN6O2.C6H14O/c1-13-22-18(24-19(23-13)26-8-10-27-11-9-26)25-21-12-14-6-7-17(28-14)15-4-2-3-5-16(15)20;1-3-5-7-6-4-2/h2-7,12H,8-11H2,1H3,(H,22,23,24,25);3-6H2,1-2H3/b21-12+;. The first-order valence-electron chi connectivity index (χ1n) is 11.9. The van der Waals surface area contributed by atoms with Gasteiger partial charge in [0.25, 0.3) is 0 Å². The molecule has 3 aromatic rings. The van der Waals surface area contributed by atoms with Gasteiger partial charge >= 0.3 is 0 Å². The molecule has 35 heavy (non-hydrogen) atoms. The van der Waals surface area contributed by atoms with E-state index >= 15 is 0 Å². The number of nitrogens with one attached hydrogen (secondary N) is 1. The topological polar surface area (TPSA) is 97.9 Å². The molecule has 1 aliphatic rings. The Hall–Kier alpha value is -3.01. The van der Waals surface area contributed by atoms with Crippen molar-refractivity contribution >= 4 is 29.7 Å². The Bertz CT molecular complexity index is 1060. The van der Waals surface area contributed by atoms with Crippen LogP contribution in [0.5, 0.6) is 0 Å². The fourth-order valence-electron chi connectivity index (χ4n) is 3.19. The molecule has 0 unspecified atom stereocenters. The first kappa shape index (κ1) is 26.6. The number of halogens is 1. The molecular formula is C25H33ClN6O3. The zero-order chi connectivity index (χ0) is 24.9. The van der Waals surface area contributed by atoms with Gasteiger partial charge in [-0.1, -0.05) is 37.6 Å². The van der Waals surface area contributed by atoms with E-state index in [4.69, 9.17) is 25.5 Å². The van der Waals surface area contributed by atoms with E-state index in [0.717, 1.165) is 44.7 Å². The van der Waals surface area contributed by atoms with Gasteiger partial charge in [-0.3, -0.25) is 0 Å². The second kappa shape index (κ2) is 14.4. The zero-order valence-corrected chi connectivity index (χ0v) is 21.3. The lowest BCUT2D eigenvalue weighted by Gasteiger charge is -2.26. The fourth-order valence-corrected chi connectivity index (χ4v) is 3.42. The second-order valence-corrected chi connectivity index (χ2v) is 8.18. The van der Waals surface area contributed by atoms with Crippen molar-refractivity contribution in [3.8, 4) is 11.3 Å². The Kier molecular flexibility index (Phi) is 10.9. The normalized spacial score (nSPS) is 13.5. The molecule has 1 saturated heterocycles. The summed E-state index contributed by atoms with van der Waals surface area (Å²) in [5.41, 5.74) is 3.67. The van der Waals surface area contributed by atoms with Gasteiger partial charge < -0.3 is 18.8 Å². The first-order valence-corrected chi connectivity index (χ1v) is 12.3. The molecular weight excluding hydrogens is 468 g/mol. The van der Waals surface area contributed by atoms with E-state index in [2.05, 4.69) is 44.2 Å². The second-order valence-electron chi connectivity index (χ2n) is 7.77. The molecule has 0 saturated carbocycles. The molecule has 1 fully saturated rings. The van der Waals surface area contributed by atoms with Crippen molar-refractivity contribution in [1.29, 1.82) is 0 Å². The van der Waals surface area contributed by atoms with Crippen LogP contribution in [0.3, 0.4) is 0 Å². The van der Waals surface area contributed by atoms with Gasteiger partial charge in [-0.05, 0) is 44.0 Å². The number of hydrogen-bond acceptors (Lipinski definition) is 9. The van der Waals surface area contributed by atoms with Crippen LogP contribution in [-0.2, 0) is 9.47 Å².